The quantitative estimate of drug-likeness (QED) is 0.440. The Bertz CT molecular complexity index is 1260. The SMILES string of the molecule is C=CC(=O)C[C@H]1COC[C@H]1Nc1ncc2cc(-c3c(F)c(OC)cc(OC)c3F)nc(NC)c2n1. The molecule has 3 aromatic rings. The molecule has 35 heavy (non-hydrogen) atoms. The molecule has 0 saturated carbocycles. The number of aromatic nitrogens is 3. The van der Waals surface area contributed by atoms with Crippen molar-refractivity contribution in [1.82, 2.24) is 15.0 Å². The first-order valence-corrected chi connectivity index (χ1v) is 10.9. The van der Waals surface area contributed by atoms with E-state index >= 15 is 8.78 Å². The maximum atomic E-state index is 15.1. The van der Waals surface area contributed by atoms with Gasteiger partial charge in [-0.3, -0.25) is 4.79 Å². The second-order valence-corrected chi connectivity index (χ2v) is 7.94. The molecule has 2 N–H and O–H groups in total. The summed E-state index contributed by atoms with van der Waals surface area (Å²) in [6.07, 6.45) is 3.14. The van der Waals surface area contributed by atoms with Crippen molar-refractivity contribution in [1.29, 1.82) is 0 Å². The van der Waals surface area contributed by atoms with E-state index in [1.807, 2.05) is 0 Å². The summed E-state index contributed by atoms with van der Waals surface area (Å²) < 4.78 is 45.7. The molecule has 1 saturated heterocycles. The number of pyridine rings is 1. The van der Waals surface area contributed by atoms with Crippen molar-refractivity contribution in [3.63, 3.8) is 0 Å². The van der Waals surface area contributed by atoms with Crippen molar-refractivity contribution < 1.29 is 27.8 Å². The van der Waals surface area contributed by atoms with E-state index in [0.29, 0.717) is 42.3 Å². The molecule has 0 spiro atoms. The van der Waals surface area contributed by atoms with Crippen LogP contribution >= 0.6 is 0 Å². The van der Waals surface area contributed by atoms with Gasteiger partial charge in [0.25, 0.3) is 0 Å². The van der Waals surface area contributed by atoms with Gasteiger partial charge in [-0.15, -0.1) is 0 Å². The monoisotopic (exact) mass is 485 g/mol. The largest absolute Gasteiger partial charge is 0.494 e. The standard InChI is InChI=1S/C24H25F2N5O4/c1-5-14(32)6-13-10-35-11-16(13)30-24-28-9-12-7-15(29-23(27-2)22(12)31-24)19-20(25)17(33-3)8-18(34-4)21(19)26/h5,7-9,13,16H,1,6,10-11H2,2-4H3,(H,27,29)(H,28,30,31)/t13-,16+/m0/s1. The van der Waals surface area contributed by atoms with Gasteiger partial charge in [0.1, 0.15) is 5.52 Å². The zero-order valence-corrected chi connectivity index (χ0v) is 19.5. The van der Waals surface area contributed by atoms with Crippen LogP contribution in [0, 0.1) is 17.6 Å². The maximum Gasteiger partial charge on any atom is 0.223 e. The van der Waals surface area contributed by atoms with E-state index < -0.39 is 11.6 Å². The minimum atomic E-state index is -0.903. The van der Waals surface area contributed by atoms with E-state index in [4.69, 9.17) is 14.2 Å². The van der Waals surface area contributed by atoms with Gasteiger partial charge in [0.15, 0.2) is 34.7 Å². The Morgan fingerprint density at radius 1 is 1.20 bits per heavy atom. The van der Waals surface area contributed by atoms with Crippen molar-refractivity contribution in [2.45, 2.75) is 12.5 Å². The average Bonchev–Trinajstić information content (AvgIpc) is 3.29. The summed E-state index contributed by atoms with van der Waals surface area (Å²) in [7, 11) is 4.19. The van der Waals surface area contributed by atoms with E-state index in [-0.39, 0.29) is 40.5 Å². The van der Waals surface area contributed by atoms with Crippen LogP contribution in [0.1, 0.15) is 6.42 Å². The van der Waals surface area contributed by atoms with Crippen LogP contribution in [0.4, 0.5) is 20.5 Å². The van der Waals surface area contributed by atoms with Crippen LogP contribution in [0.2, 0.25) is 0 Å². The lowest BCUT2D eigenvalue weighted by atomic mass is 9.97. The lowest BCUT2D eigenvalue weighted by molar-refractivity contribution is -0.115. The van der Waals surface area contributed by atoms with Gasteiger partial charge in [-0.2, -0.15) is 0 Å². The third kappa shape index (κ3) is 4.72. The fraction of sp³-hybridized carbons (Fsp3) is 0.333. The highest BCUT2D eigenvalue weighted by atomic mass is 19.1. The predicted molar refractivity (Wildman–Crippen MR) is 127 cm³/mol. The lowest BCUT2D eigenvalue weighted by Crippen LogP contribution is -2.30. The van der Waals surface area contributed by atoms with E-state index in [2.05, 4.69) is 32.2 Å². The molecule has 4 rings (SSSR count). The Kier molecular flexibility index (Phi) is 7.06. The number of fused-ring (bicyclic) bond motifs is 1. The summed E-state index contributed by atoms with van der Waals surface area (Å²) >= 11 is 0. The maximum absolute atomic E-state index is 15.1. The molecule has 2 aromatic heterocycles. The lowest BCUT2D eigenvalue weighted by Gasteiger charge is -2.18. The number of carbonyl (C=O) groups excluding carboxylic acids is 1. The van der Waals surface area contributed by atoms with E-state index in [9.17, 15) is 4.79 Å². The predicted octanol–water partition coefficient (Wildman–Crippen LogP) is 3.60. The molecule has 1 fully saturated rings. The van der Waals surface area contributed by atoms with Crippen LogP contribution < -0.4 is 20.1 Å². The molecule has 2 atom stereocenters. The molecule has 9 nitrogen and oxygen atoms in total. The molecular weight excluding hydrogens is 460 g/mol. The van der Waals surface area contributed by atoms with Crippen molar-refractivity contribution in [2.24, 2.45) is 5.92 Å². The molecule has 1 aromatic carbocycles. The van der Waals surface area contributed by atoms with Gasteiger partial charge in [0.05, 0.1) is 44.7 Å². The third-order valence-electron chi connectivity index (χ3n) is 5.84. The molecule has 0 radical (unpaired) electrons. The van der Waals surface area contributed by atoms with Gasteiger partial charge in [-0.05, 0) is 12.1 Å². The number of carbonyl (C=O) groups is 1. The summed E-state index contributed by atoms with van der Waals surface area (Å²) in [5.74, 6) is -1.65. The van der Waals surface area contributed by atoms with E-state index in [0.717, 1.165) is 6.07 Å². The third-order valence-corrected chi connectivity index (χ3v) is 5.84. The van der Waals surface area contributed by atoms with Gasteiger partial charge >= 0.3 is 0 Å². The summed E-state index contributed by atoms with van der Waals surface area (Å²) in [4.78, 5) is 25.1. The van der Waals surface area contributed by atoms with Crippen LogP contribution in [0.25, 0.3) is 22.2 Å². The second-order valence-electron chi connectivity index (χ2n) is 7.94. The number of halogens is 2. The van der Waals surface area contributed by atoms with E-state index in [1.54, 1.807) is 7.05 Å². The number of nitrogens with zero attached hydrogens (tertiary/aromatic N) is 3. The number of benzene rings is 1. The normalized spacial score (nSPS) is 17.3. The Balaban J connectivity index is 1.72. The van der Waals surface area contributed by atoms with Crippen molar-refractivity contribution in [3.8, 4) is 22.8 Å². The number of hydrogen-bond donors (Lipinski definition) is 2. The average molecular weight is 485 g/mol. The number of nitrogens with one attached hydrogen (secondary N) is 2. The summed E-state index contributed by atoms with van der Waals surface area (Å²) in [6, 6.07) is 2.47. The van der Waals surface area contributed by atoms with Gasteiger partial charge in [-0.25, -0.2) is 23.7 Å². The van der Waals surface area contributed by atoms with E-state index in [1.165, 1.54) is 32.6 Å². The Labute approximate surface area is 200 Å². The highest BCUT2D eigenvalue weighted by Gasteiger charge is 2.30. The number of anilines is 2. The summed E-state index contributed by atoms with van der Waals surface area (Å²) in [5.41, 5.74) is 0.0762. The van der Waals surface area contributed by atoms with Gasteiger partial charge in [0.2, 0.25) is 5.95 Å². The zero-order chi connectivity index (χ0) is 25.1. The minimum absolute atomic E-state index is 0.0190. The molecule has 11 heteroatoms. The second kappa shape index (κ2) is 10.2. The highest BCUT2D eigenvalue weighted by molar-refractivity contribution is 5.92. The number of ether oxygens (including phenoxy) is 3. The first-order chi connectivity index (χ1) is 16.9. The Morgan fingerprint density at radius 2 is 1.91 bits per heavy atom. The van der Waals surface area contributed by atoms with Crippen LogP contribution in [0.3, 0.4) is 0 Å². The summed E-state index contributed by atoms with van der Waals surface area (Å²) in [6.45, 7) is 4.36. The number of allylic oxidation sites excluding steroid dienone is 1. The molecule has 0 amide bonds. The fourth-order valence-electron chi connectivity index (χ4n) is 3.99. The number of hydrogen-bond acceptors (Lipinski definition) is 9. The topological polar surface area (TPSA) is 107 Å². The van der Waals surface area contributed by atoms with Crippen LogP contribution in [0.5, 0.6) is 11.5 Å². The molecule has 1 aliphatic heterocycles. The minimum Gasteiger partial charge on any atom is -0.494 e. The number of methoxy groups -OCH3 is 2. The number of ketones is 1. The zero-order valence-electron chi connectivity index (χ0n) is 19.5. The molecular formula is C24H25F2N5O4. The van der Waals surface area contributed by atoms with Crippen LogP contribution in [-0.4, -0.2) is 61.3 Å². The Morgan fingerprint density at radius 3 is 2.54 bits per heavy atom. The van der Waals surface area contributed by atoms with Crippen molar-refractivity contribution in [3.05, 3.63) is 42.6 Å². The first kappa shape index (κ1) is 24.3. The number of rotatable bonds is 9. The first-order valence-electron chi connectivity index (χ1n) is 10.9. The van der Waals surface area contributed by atoms with Gasteiger partial charge < -0.3 is 24.8 Å². The van der Waals surface area contributed by atoms with Gasteiger partial charge in [-0.1, -0.05) is 6.58 Å². The van der Waals surface area contributed by atoms with Crippen LogP contribution in [-0.2, 0) is 9.53 Å². The molecule has 184 valence electrons. The summed E-state index contributed by atoms with van der Waals surface area (Å²) in [5, 5.41) is 6.64. The molecule has 0 bridgehead atoms. The van der Waals surface area contributed by atoms with Gasteiger partial charge in [0, 0.05) is 37.0 Å². The highest BCUT2D eigenvalue weighted by Crippen LogP contribution is 2.38. The molecule has 1 aliphatic rings. The molecule has 0 aliphatic carbocycles. The Hall–Kier alpha value is -3.86. The molecule has 0 unspecified atom stereocenters. The smallest absolute Gasteiger partial charge is 0.223 e. The van der Waals surface area contributed by atoms with Crippen LogP contribution in [0.15, 0.2) is 31.0 Å². The van der Waals surface area contributed by atoms with Crippen molar-refractivity contribution >= 4 is 28.5 Å². The molecule has 3 heterocycles. The fourth-order valence-corrected chi connectivity index (χ4v) is 3.99. The van der Waals surface area contributed by atoms with Crippen molar-refractivity contribution in [2.75, 3.05) is 45.1 Å².